The first kappa shape index (κ1) is 12.4. The summed E-state index contributed by atoms with van der Waals surface area (Å²) in [6, 6.07) is 5.81. The Morgan fingerprint density at radius 2 is 2.00 bits per heavy atom. The fourth-order valence-electron chi connectivity index (χ4n) is 1.41. The van der Waals surface area contributed by atoms with Crippen molar-refractivity contribution in [1.82, 2.24) is 0 Å². The Bertz CT molecular complexity index is 350. The molecule has 0 spiro atoms. The van der Waals surface area contributed by atoms with Crippen molar-refractivity contribution >= 4 is 11.4 Å². The number of nitrogens with zero attached hydrogens (tertiary/aromatic N) is 2. The van der Waals surface area contributed by atoms with E-state index >= 15 is 0 Å². The van der Waals surface area contributed by atoms with Crippen molar-refractivity contribution in [2.24, 2.45) is 0 Å². The second-order valence-electron chi connectivity index (χ2n) is 3.32. The van der Waals surface area contributed by atoms with E-state index in [0.29, 0.717) is 5.69 Å². The van der Waals surface area contributed by atoms with Crippen molar-refractivity contribution < 1.29 is 15.1 Å². The lowest BCUT2D eigenvalue weighted by atomic mass is 10.2. The highest BCUT2D eigenvalue weighted by molar-refractivity contribution is 5.51. The lowest BCUT2D eigenvalue weighted by Gasteiger charge is -2.26. The van der Waals surface area contributed by atoms with Gasteiger partial charge in [0.15, 0.2) is 0 Å². The Balaban J connectivity index is 2.89. The summed E-state index contributed by atoms with van der Waals surface area (Å²) >= 11 is 0. The van der Waals surface area contributed by atoms with Crippen molar-refractivity contribution in [3.8, 4) is 0 Å². The largest absolute Gasteiger partial charge is 0.395 e. The fraction of sp³-hybridized carbons (Fsp3) is 0.400. The van der Waals surface area contributed by atoms with Gasteiger partial charge in [0, 0.05) is 24.4 Å². The molecule has 0 radical (unpaired) electrons. The molecule has 1 rings (SSSR count). The summed E-state index contributed by atoms with van der Waals surface area (Å²) in [6.07, 6.45) is -0.756. The van der Waals surface area contributed by atoms with Crippen molar-refractivity contribution in [2.45, 2.75) is 13.2 Å². The molecule has 0 saturated heterocycles. The number of nitro benzene ring substituents is 1. The van der Waals surface area contributed by atoms with E-state index in [1.165, 1.54) is 12.1 Å². The predicted molar refractivity (Wildman–Crippen MR) is 59.2 cm³/mol. The maximum absolute atomic E-state index is 10.4. The van der Waals surface area contributed by atoms with Crippen LogP contribution in [0.15, 0.2) is 24.3 Å². The van der Waals surface area contributed by atoms with Crippen LogP contribution in [-0.4, -0.2) is 34.5 Å². The molecule has 0 fully saturated rings. The molecular weight excluding hydrogens is 212 g/mol. The highest BCUT2D eigenvalue weighted by Gasteiger charge is 2.12. The van der Waals surface area contributed by atoms with Gasteiger partial charge in [-0.05, 0) is 19.1 Å². The van der Waals surface area contributed by atoms with Gasteiger partial charge in [-0.15, -0.1) is 0 Å². The van der Waals surface area contributed by atoms with Crippen LogP contribution in [0.3, 0.4) is 0 Å². The van der Waals surface area contributed by atoms with Crippen LogP contribution in [-0.2, 0) is 0 Å². The number of non-ortho nitro benzene ring substituents is 1. The van der Waals surface area contributed by atoms with Gasteiger partial charge in [0.2, 0.25) is 0 Å². The number of aliphatic hydroxyl groups is 2. The van der Waals surface area contributed by atoms with E-state index in [2.05, 4.69) is 0 Å². The van der Waals surface area contributed by atoms with Gasteiger partial charge in [0.05, 0.1) is 11.5 Å². The van der Waals surface area contributed by atoms with Crippen molar-refractivity contribution in [2.75, 3.05) is 18.1 Å². The molecule has 0 aromatic heterocycles. The molecule has 1 atom stereocenters. The van der Waals surface area contributed by atoms with Gasteiger partial charge >= 0.3 is 0 Å². The maximum Gasteiger partial charge on any atom is 0.269 e. The van der Waals surface area contributed by atoms with Crippen molar-refractivity contribution in [3.63, 3.8) is 0 Å². The van der Waals surface area contributed by atoms with Crippen LogP contribution in [0.2, 0.25) is 0 Å². The van der Waals surface area contributed by atoms with E-state index < -0.39 is 11.2 Å². The lowest BCUT2D eigenvalue weighted by Crippen LogP contribution is -2.35. The summed E-state index contributed by atoms with van der Waals surface area (Å²) in [5, 5.41) is 28.7. The molecule has 6 heteroatoms. The highest BCUT2D eigenvalue weighted by atomic mass is 16.6. The second-order valence-corrected chi connectivity index (χ2v) is 3.32. The zero-order valence-electron chi connectivity index (χ0n) is 8.91. The monoisotopic (exact) mass is 226 g/mol. The van der Waals surface area contributed by atoms with Crippen molar-refractivity contribution in [1.29, 1.82) is 0 Å². The normalized spacial score (nSPS) is 12.2. The number of hydrogen-bond donors (Lipinski definition) is 2. The van der Waals surface area contributed by atoms with Crippen molar-refractivity contribution in [3.05, 3.63) is 34.4 Å². The second kappa shape index (κ2) is 5.43. The van der Waals surface area contributed by atoms with Crippen LogP contribution in [0.1, 0.15) is 6.92 Å². The first-order chi connectivity index (χ1) is 7.56. The van der Waals surface area contributed by atoms with E-state index in [9.17, 15) is 15.2 Å². The summed E-state index contributed by atoms with van der Waals surface area (Å²) in [4.78, 5) is 11.5. The molecular formula is C10H14N2O4. The van der Waals surface area contributed by atoms with Gasteiger partial charge in [-0.2, -0.15) is 0 Å². The van der Waals surface area contributed by atoms with Gasteiger partial charge < -0.3 is 15.1 Å². The minimum Gasteiger partial charge on any atom is -0.395 e. The Hall–Kier alpha value is -1.66. The van der Waals surface area contributed by atoms with E-state index in [1.807, 2.05) is 0 Å². The maximum atomic E-state index is 10.4. The summed E-state index contributed by atoms with van der Waals surface area (Å²) in [6.45, 7) is 1.74. The molecule has 0 heterocycles. The molecule has 1 unspecified atom stereocenters. The van der Waals surface area contributed by atoms with Crippen LogP contribution in [0.4, 0.5) is 11.4 Å². The number of nitro groups is 1. The molecule has 88 valence electrons. The van der Waals surface area contributed by atoms with Gasteiger partial charge in [-0.3, -0.25) is 10.1 Å². The molecule has 0 aliphatic carbocycles. The third-order valence-corrected chi connectivity index (χ3v) is 2.18. The Morgan fingerprint density at radius 3 is 2.38 bits per heavy atom. The number of anilines is 1. The quantitative estimate of drug-likeness (QED) is 0.439. The first-order valence-electron chi connectivity index (χ1n) is 4.86. The van der Waals surface area contributed by atoms with Gasteiger partial charge in [0.1, 0.15) is 6.23 Å². The molecule has 1 aromatic rings. The van der Waals surface area contributed by atoms with Crippen LogP contribution in [0, 0.1) is 10.1 Å². The van der Waals surface area contributed by atoms with E-state index in [4.69, 9.17) is 5.11 Å². The molecule has 0 saturated carbocycles. The summed E-state index contributed by atoms with van der Waals surface area (Å²) in [5.74, 6) is 0. The predicted octanol–water partition coefficient (Wildman–Crippen LogP) is 0.732. The molecule has 0 bridgehead atoms. The Kier molecular flexibility index (Phi) is 4.21. The molecule has 0 aliphatic heterocycles. The number of rotatable bonds is 5. The zero-order chi connectivity index (χ0) is 12.1. The molecule has 2 N–H and O–H groups in total. The zero-order valence-corrected chi connectivity index (χ0v) is 8.91. The molecule has 6 nitrogen and oxygen atoms in total. The third-order valence-electron chi connectivity index (χ3n) is 2.18. The van der Waals surface area contributed by atoms with Gasteiger partial charge in [0.25, 0.3) is 5.69 Å². The lowest BCUT2D eigenvalue weighted by molar-refractivity contribution is -0.384. The van der Waals surface area contributed by atoms with E-state index in [1.54, 1.807) is 24.0 Å². The van der Waals surface area contributed by atoms with E-state index in [0.717, 1.165) is 0 Å². The standard InChI is InChI=1S/C10H14N2O4/c1-8(14)11(6-7-13)9-2-4-10(5-3-9)12(15)16/h2-5,8,13-14H,6-7H2,1H3. The third kappa shape index (κ3) is 2.91. The average molecular weight is 226 g/mol. The highest BCUT2D eigenvalue weighted by Crippen LogP contribution is 2.20. The summed E-state index contributed by atoms with van der Waals surface area (Å²) in [7, 11) is 0. The Labute approximate surface area is 92.9 Å². The van der Waals surface area contributed by atoms with Crippen LogP contribution < -0.4 is 4.90 Å². The Morgan fingerprint density at radius 1 is 1.44 bits per heavy atom. The summed E-state index contributed by atoms with van der Waals surface area (Å²) < 4.78 is 0. The minimum atomic E-state index is -0.756. The SMILES string of the molecule is CC(O)N(CCO)c1ccc([N+](=O)[O-])cc1. The summed E-state index contributed by atoms with van der Waals surface area (Å²) in [5.41, 5.74) is 0.632. The minimum absolute atomic E-state index is 0.00158. The fourth-order valence-corrected chi connectivity index (χ4v) is 1.41. The van der Waals surface area contributed by atoms with Gasteiger partial charge in [-0.25, -0.2) is 0 Å². The van der Waals surface area contributed by atoms with Gasteiger partial charge in [-0.1, -0.05) is 0 Å². The van der Waals surface area contributed by atoms with Crippen LogP contribution in [0.5, 0.6) is 0 Å². The van der Waals surface area contributed by atoms with Crippen LogP contribution >= 0.6 is 0 Å². The molecule has 0 aliphatic rings. The number of aliphatic hydroxyl groups excluding tert-OH is 2. The molecule has 16 heavy (non-hydrogen) atoms. The molecule has 1 aromatic carbocycles. The molecule has 0 amide bonds. The topological polar surface area (TPSA) is 86.8 Å². The first-order valence-corrected chi connectivity index (χ1v) is 4.86. The number of hydrogen-bond acceptors (Lipinski definition) is 5. The van der Waals surface area contributed by atoms with E-state index in [-0.39, 0.29) is 18.8 Å². The number of benzene rings is 1. The van der Waals surface area contributed by atoms with Crippen LogP contribution in [0.25, 0.3) is 0 Å². The smallest absolute Gasteiger partial charge is 0.269 e. The average Bonchev–Trinajstić information content (AvgIpc) is 2.25.